The van der Waals surface area contributed by atoms with E-state index in [1.165, 1.54) is 30.0 Å². The van der Waals surface area contributed by atoms with Crippen LogP contribution in [0.5, 0.6) is 0 Å². The summed E-state index contributed by atoms with van der Waals surface area (Å²) in [5, 5.41) is 3.71. The van der Waals surface area contributed by atoms with E-state index in [0.717, 1.165) is 11.1 Å². The van der Waals surface area contributed by atoms with Gasteiger partial charge in [0, 0.05) is 5.56 Å². The molecule has 0 aliphatic rings. The molecule has 0 bridgehead atoms. The Balaban J connectivity index is 0.000000467. The third-order valence-electron chi connectivity index (χ3n) is 3.37. The number of sulfonamides is 1. The number of halogens is 3. The van der Waals surface area contributed by atoms with Gasteiger partial charge in [0.2, 0.25) is 0 Å². The first-order chi connectivity index (χ1) is 13.0. The van der Waals surface area contributed by atoms with Crippen molar-refractivity contribution in [2.75, 3.05) is 11.8 Å². The molecule has 0 heterocycles. The lowest BCUT2D eigenvalue weighted by Crippen LogP contribution is -2.30. The van der Waals surface area contributed by atoms with Crippen molar-refractivity contribution in [3.63, 3.8) is 0 Å². The molecular weight excluding hydrogens is 393 g/mol. The normalized spacial score (nSPS) is 11.8. The van der Waals surface area contributed by atoms with Crippen molar-refractivity contribution in [2.45, 2.75) is 32.7 Å². The summed E-state index contributed by atoms with van der Waals surface area (Å²) in [4.78, 5) is 4.63. The third kappa shape index (κ3) is 6.78. The van der Waals surface area contributed by atoms with Crippen LogP contribution in [-0.2, 0) is 14.9 Å². The summed E-state index contributed by atoms with van der Waals surface area (Å²) < 4.78 is 61.3. The van der Waals surface area contributed by atoms with Crippen molar-refractivity contribution in [1.82, 2.24) is 0 Å². The van der Waals surface area contributed by atoms with Crippen molar-refractivity contribution in [2.24, 2.45) is 5.16 Å². The first kappa shape index (κ1) is 23.3. The maximum atomic E-state index is 12.5. The summed E-state index contributed by atoms with van der Waals surface area (Å²) in [5.41, 5.74) is -3.12. The van der Waals surface area contributed by atoms with Gasteiger partial charge in [-0.3, -0.25) is 4.72 Å². The first-order valence-corrected chi connectivity index (χ1v) is 9.65. The maximum Gasteiger partial charge on any atom is 0.516 e. The Labute approximate surface area is 163 Å². The minimum absolute atomic E-state index is 0.199. The highest BCUT2D eigenvalue weighted by atomic mass is 32.2. The van der Waals surface area contributed by atoms with Crippen molar-refractivity contribution in [3.05, 3.63) is 65.2 Å². The van der Waals surface area contributed by atoms with E-state index in [4.69, 9.17) is 0 Å². The Morgan fingerprint density at radius 3 is 2.36 bits per heavy atom. The number of aryl methyl sites for hydroxylation is 2. The number of nitrogens with one attached hydrogen (secondary N) is 1. The number of rotatable bonds is 5. The van der Waals surface area contributed by atoms with Gasteiger partial charge in [-0.2, -0.15) is 21.6 Å². The molecule has 0 amide bonds. The van der Waals surface area contributed by atoms with Gasteiger partial charge >= 0.3 is 15.5 Å². The number of hydrogen-bond acceptors (Lipinski definition) is 4. The number of benzene rings is 1. The standard InChI is InChI=1S/C12H15F3N2O3S.C7H6/c1-4-10(16-20-3)9-7-8(2)5-6-11(9)17-21(18,19)12(13,14)15;1-7-5-3-2-4-6-7/h5-7,17H,4H2,1-3H3;2-3,5H,1H3/b16-10+;. The maximum absolute atomic E-state index is 12.5. The van der Waals surface area contributed by atoms with Gasteiger partial charge < -0.3 is 4.84 Å². The van der Waals surface area contributed by atoms with E-state index >= 15 is 0 Å². The summed E-state index contributed by atoms with van der Waals surface area (Å²) in [6.07, 6.45) is 0.359. The zero-order valence-corrected chi connectivity index (χ0v) is 16.7. The Morgan fingerprint density at radius 2 is 1.93 bits per heavy atom. The smallest absolute Gasteiger partial charge is 0.399 e. The molecule has 0 unspecified atom stereocenters. The highest BCUT2D eigenvalue weighted by Crippen LogP contribution is 2.28. The molecule has 0 fully saturated rings. The van der Waals surface area contributed by atoms with Crippen LogP contribution in [0.2, 0.25) is 0 Å². The van der Waals surface area contributed by atoms with E-state index in [1.807, 2.05) is 25.1 Å². The van der Waals surface area contributed by atoms with Crippen LogP contribution in [0.4, 0.5) is 18.9 Å². The van der Waals surface area contributed by atoms with Crippen molar-refractivity contribution < 1.29 is 26.4 Å². The van der Waals surface area contributed by atoms with Gasteiger partial charge in [-0.05, 0) is 44.0 Å². The number of hydrogen-bond donors (Lipinski definition) is 1. The third-order valence-corrected chi connectivity index (χ3v) is 4.46. The van der Waals surface area contributed by atoms with Crippen LogP contribution >= 0.6 is 0 Å². The van der Waals surface area contributed by atoms with Crippen LogP contribution in [0, 0.1) is 26.0 Å². The van der Waals surface area contributed by atoms with Crippen LogP contribution in [-0.4, -0.2) is 26.7 Å². The second-order valence-corrected chi connectivity index (χ2v) is 7.33. The molecule has 28 heavy (non-hydrogen) atoms. The lowest BCUT2D eigenvalue weighted by atomic mass is 10.0. The zero-order valence-electron chi connectivity index (χ0n) is 15.9. The monoisotopic (exact) mass is 414 g/mol. The van der Waals surface area contributed by atoms with E-state index in [1.54, 1.807) is 13.8 Å². The minimum atomic E-state index is -5.49. The highest BCUT2D eigenvalue weighted by Gasteiger charge is 2.46. The first-order valence-electron chi connectivity index (χ1n) is 8.17. The fraction of sp³-hybridized carbons (Fsp3) is 0.316. The lowest BCUT2D eigenvalue weighted by molar-refractivity contribution is -0.0429. The van der Waals surface area contributed by atoms with Gasteiger partial charge in [-0.15, -0.1) is 0 Å². The van der Waals surface area contributed by atoms with Gasteiger partial charge in [-0.1, -0.05) is 48.0 Å². The van der Waals surface area contributed by atoms with E-state index in [-0.39, 0.29) is 11.3 Å². The second-order valence-electron chi connectivity index (χ2n) is 5.65. The molecular formula is C19H21F3N2O3S. The van der Waals surface area contributed by atoms with Crippen LogP contribution in [0.25, 0.3) is 0 Å². The fourth-order valence-corrected chi connectivity index (χ4v) is 2.62. The van der Waals surface area contributed by atoms with Crippen molar-refractivity contribution >= 4 is 21.4 Å². The van der Waals surface area contributed by atoms with Crippen LogP contribution in [0.3, 0.4) is 0 Å². The summed E-state index contributed by atoms with van der Waals surface area (Å²) in [6.45, 7) is 5.45. The summed E-state index contributed by atoms with van der Waals surface area (Å²) in [5.74, 6) is 0. The largest absolute Gasteiger partial charge is 0.516 e. The Bertz CT molecular complexity index is 896. The molecule has 0 atom stereocenters. The van der Waals surface area contributed by atoms with E-state index < -0.39 is 15.5 Å². The quantitative estimate of drug-likeness (QED) is 0.574. The molecule has 1 N–H and O–H groups in total. The molecule has 9 heteroatoms. The Hall–Kier alpha value is -2.73. The van der Waals surface area contributed by atoms with E-state index in [0.29, 0.717) is 12.1 Å². The Kier molecular flexibility index (Phi) is 8.32. The summed E-state index contributed by atoms with van der Waals surface area (Å²) >= 11 is 0. The van der Waals surface area contributed by atoms with Crippen molar-refractivity contribution in [3.8, 4) is 0 Å². The molecule has 0 aromatic heterocycles. The topological polar surface area (TPSA) is 67.8 Å². The van der Waals surface area contributed by atoms with Crippen LogP contribution < -0.4 is 4.72 Å². The zero-order chi connectivity index (χ0) is 21.4. The molecule has 152 valence electrons. The average molecular weight is 414 g/mol. The molecule has 0 aliphatic carbocycles. The second kappa shape index (κ2) is 9.99. The number of anilines is 1. The van der Waals surface area contributed by atoms with E-state index in [9.17, 15) is 21.6 Å². The van der Waals surface area contributed by atoms with Crippen molar-refractivity contribution in [1.29, 1.82) is 0 Å². The number of oxime groups is 1. The molecule has 0 aliphatic heterocycles. The number of nitrogens with zero attached hydrogens (tertiary/aromatic N) is 1. The predicted molar refractivity (Wildman–Crippen MR) is 102 cm³/mol. The molecule has 0 saturated heterocycles. The summed E-state index contributed by atoms with van der Waals surface area (Å²) in [6, 6.07) is 15.8. The van der Waals surface area contributed by atoms with Gasteiger partial charge in [-0.25, -0.2) is 0 Å². The molecule has 2 aromatic rings. The lowest BCUT2D eigenvalue weighted by Gasteiger charge is -2.15. The predicted octanol–water partition coefficient (Wildman–Crippen LogP) is 4.61. The molecule has 0 spiro atoms. The molecule has 0 saturated carbocycles. The summed E-state index contributed by atoms with van der Waals surface area (Å²) in [7, 11) is -4.19. The fourth-order valence-electron chi connectivity index (χ4n) is 2.04. The molecule has 5 nitrogen and oxygen atoms in total. The highest BCUT2D eigenvalue weighted by molar-refractivity contribution is 7.93. The van der Waals surface area contributed by atoms with Gasteiger partial charge in [0.1, 0.15) is 7.11 Å². The van der Waals surface area contributed by atoms with Gasteiger partial charge in [0.15, 0.2) is 0 Å². The van der Waals surface area contributed by atoms with Crippen LogP contribution in [0.15, 0.2) is 41.6 Å². The van der Waals surface area contributed by atoms with Gasteiger partial charge in [0.25, 0.3) is 0 Å². The molecule has 2 aromatic carbocycles. The molecule has 2 rings (SSSR count). The molecule has 0 radical (unpaired) electrons. The van der Waals surface area contributed by atoms with Crippen LogP contribution in [0.1, 0.15) is 30.0 Å². The van der Waals surface area contributed by atoms with E-state index in [2.05, 4.69) is 22.1 Å². The Morgan fingerprint density at radius 1 is 1.25 bits per heavy atom. The number of alkyl halides is 3. The SMILES string of the molecule is CC/C(=N\OC)c1cc(C)ccc1NS(=O)(=O)C(F)(F)F.Cc1c#cccc1. The minimum Gasteiger partial charge on any atom is -0.399 e. The average Bonchev–Trinajstić information content (AvgIpc) is 2.61. The van der Waals surface area contributed by atoms with Gasteiger partial charge in [0.05, 0.1) is 11.4 Å².